The summed E-state index contributed by atoms with van der Waals surface area (Å²) in [5.41, 5.74) is 1.14. The van der Waals surface area contributed by atoms with E-state index in [0.717, 1.165) is 0 Å². The van der Waals surface area contributed by atoms with Crippen LogP contribution in [0, 0.1) is 6.92 Å². The van der Waals surface area contributed by atoms with Crippen LogP contribution in [0.4, 0.5) is 13.2 Å². The van der Waals surface area contributed by atoms with E-state index in [4.69, 9.17) is 9.47 Å². The van der Waals surface area contributed by atoms with Gasteiger partial charge in [0.1, 0.15) is 23.4 Å². The molecule has 1 aromatic heterocycles. The Balaban J connectivity index is 1.68. The molecule has 3 rings (SSSR count). The number of benzene rings is 2. The van der Waals surface area contributed by atoms with Gasteiger partial charge in [0, 0.05) is 5.56 Å². The van der Waals surface area contributed by atoms with E-state index in [-0.39, 0.29) is 5.75 Å². The molecule has 0 bridgehead atoms. The molecular formula is C23H23F3N2O5. The third-order valence-electron chi connectivity index (χ3n) is 4.76. The fourth-order valence-electron chi connectivity index (χ4n) is 2.92. The van der Waals surface area contributed by atoms with Gasteiger partial charge in [0.15, 0.2) is 5.60 Å². The molecule has 2 N–H and O–H groups in total. The van der Waals surface area contributed by atoms with Crippen molar-refractivity contribution in [2.24, 2.45) is 0 Å². The van der Waals surface area contributed by atoms with E-state index in [1.54, 1.807) is 31.2 Å². The Morgan fingerprint density at radius 3 is 2.24 bits per heavy atom. The summed E-state index contributed by atoms with van der Waals surface area (Å²) in [6.45, 7) is 6.53. The van der Waals surface area contributed by atoms with Crippen LogP contribution in [0.25, 0.3) is 11.3 Å². The molecule has 2 aromatic carbocycles. The number of carboxylic acids is 1. The van der Waals surface area contributed by atoms with Gasteiger partial charge < -0.3 is 19.3 Å². The molecule has 0 aliphatic rings. The number of ether oxygens (including phenoxy) is 3. The zero-order chi connectivity index (χ0) is 24.4. The number of H-pyrrole nitrogens is 1. The summed E-state index contributed by atoms with van der Waals surface area (Å²) in [7, 11) is 0. The highest BCUT2D eigenvalue weighted by Gasteiger charge is 2.31. The van der Waals surface area contributed by atoms with Crippen LogP contribution in [-0.2, 0) is 4.79 Å². The quantitative estimate of drug-likeness (QED) is 0.446. The van der Waals surface area contributed by atoms with Crippen molar-refractivity contribution in [3.05, 3.63) is 59.8 Å². The number of aliphatic carboxylic acids is 1. The van der Waals surface area contributed by atoms with E-state index >= 15 is 0 Å². The predicted octanol–water partition coefficient (Wildman–Crippen LogP) is 5.67. The van der Waals surface area contributed by atoms with Gasteiger partial charge in [-0.05, 0) is 81.8 Å². The standard InChI is InChI=1S/C23H23F3N2O5/c1-13-11-17(9-10-20(13)33-22(3,4)21(29)30)31-14(2)18-12-19(28-27-18)15-5-7-16(8-6-15)32-23(24,25)26/h5-12,14H,1-4H3,(H,27,28)(H,29,30). The number of halogens is 3. The van der Waals surface area contributed by atoms with Crippen LogP contribution in [0.1, 0.15) is 38.1 Å². The Hall–Kier alpha value is -3.69. The second kappa shape index (κ2) is 9.05. The highest BCUT2D eigenvalue weighted by Crippen LogP contribution is 2.31. The molecule has 0 radical (unpaired) electrons. The van der Waals surface area contributed by atoms with E-state index in [9.17, 15) is 23.1 Å². The first-order chi connectivity index (χ1) is 15.3. The third kappa shape index (κ3) is 6.18. The van der Waals surface area contributed by atoms with Gasteiger partial charge >= 0.3 is 12.3 Å². The summed E-state index contributed by atoms with van der Waals surface area (Å²) in [4.78, 5) is 11.3. The lowest BCUT2D eigenvalue weighted by atomic mass is 10.1. The van der Waals surface area contributed by atoms with Crippen LogP contribution in [0.2, 0.25) is 0 Å². The number of hydrogen-bond acceptors (Lipinski definition) is 5. The lowest BCUT2D eigenvalue weighted by molar-refractivity contribution is -0.274. The minimum absolute atomic E-state index is 0.312. The van der Waals surface area contributed by atoms with Gasteiger partial charge in [0.05, 0.1) is 11.4 Å². The number of carbonyl (C=O) groups is 1. The molecule has 0 amide bonds. The summed E-state index contributed by atoms with van der Waals surface area (Å²) in [6.07, 6.45) is -5.16. The summed E-state index contributed by atoms with van der Waals surface area (Å²) < 4.78 is 52.3. The Morgan fingerprint density at radius 2 is 1.67 bits per heavy atom. The van der Waals surface area contributed by atoms with Crippen LogP contribution in [0.15, 0.2) is 48.5 Å². The third-order valence-corrected chi connectivity index (χ3v) is 4.76. The van der Waals surface area contributed by atoms with Crippen LogP contribution < -0.4 is 14.2 Å². The molecular weight excluding hydrogens is 441 g/mol. The van der Waals surface area contributed by atoms with Crippen molar-refractivity contribution in [2.45, 2.75) is 45.8 Å². The van der Waals surface area contributed by atoms with Crippen molar-refractivity contribution in [3.8, 4) is 28.5 Å². The van der Waals surface area contributed by atoms with E-state index in [1.165, 1.54) is 38.1 Å². The molecule has 3 aromatic rings. The van der Waals surface area contributed by atoms with E-state index in [2.05, 4.69) is 14.9 Å². The van der Waals surface area contributed by atoms with Gasteiger partial charge in [-0.1, -0.05) is 0 Å². The molecule has 0 aliphatic carbocycles. The monoisotopic (exact) mass is 464 g/mol. The fourth-order valence-corrected chi connectivity index (χ4v) is 2.92. The molecule has 176 valence electrons. The second-order valence-corrected chi connectivity index (χ2v) is 7.89. The summed E-state index contributed by atoms with van der Waals surface area (Å²) >= 11 is 0. The van der Waals surface area contributed by atoms with Crippen molar-refractivity contribution in [1.82, 2.24) is 10.2 Å². The van der Waals surface area contributed by atoms with Gasteiger partial charge in [-0.2, -0.15) is 5.10 Å². The predicted molar refractivity (Wildman–Crippen MR) is 113 cm³/mol. The molecule has 33 heavy (non-hydrogen) atoms. The van der Waals surface area contributed by atoms with E-state index in [0.29, 0.717) is 34.0 Å². The minimum Gasteiger partial charge on any atom is -0.484 e. The minimum atomic E-state index is -4.75. The van der Waals surface area contributed by atoms with Crippen molar-refractivity contribution >= 4 is 5.97 Å². The molecule has 0 spiro atoms. The number of hydrogen-bond donors (Lipinski definition) is 2. The molecule has 0 saturated carbocycles. The SMILES string of the molecule is Cc1cc(OC(C)c2cc(-c3ccc(OC(F)(F)F)cc3)n[nH]2)ccc1OC(C)(C)C(=O)O. The van der Waals surface area contributed by atoms with Crippen molar-refractivity contribution in [1.29, 1.82) is 0 Å². The number of alkyl halides is 3. The first-order valence-corrected chi connectivity index (χ1v) is 9.95. The van der Waals surface area contributed by atoms with Gasteiger partial charge in [0.2, 0.25) is 0 Å². The molecule has 1 unspecified atom stereocenters. The average molecular weight is 464 g/mol. The number of aromatic nitrogens is 2. The number of nitrogens with one attached hydrogen (secondary N) is 1. The molecule has 0 saturated heterocycles. The zero-order valence-electron chi connectivity index (χ0n) is 18.4. The highest BCUT2D eigenvalue weighted by atomic mass is 19.4. The molecule has 0 fully saturated rings. The summed E-state index contributed by atoms with van der Waals surface area (Å²) in [5, 5.41) is 16.3. The molecule has 0 aliphatic heterocycles. The normalized spacial score (nSPS) is 12.8. The van der Waals surface area contributed by atoms with Gasteiger partial charge in [-0.15, -0.1) is 13.2 Å². The topological polar surface area (TPSA) is 93.7 Å². The van der Waals surface area contributed by atoms with Gasteiger partial charge in [-0.25, -0.2) is 4.79 Å². The van der Waals surface area contributed by atoms with Crippen LogP contribution in [-0.4, -0.2) is 33.2 Å². The Bertz CT molecular complexity index is 1120. The first-order valence-electron chi connectivity index (χ1n) is 9.95. The van der Waals surface area contributed by atoms with E-state index in [1.807, 2.05) is 6.92 Å². The van der Waals surface area contributed by atoms with Gasteiger partial charge in [-0.3, -0.25) is 5.10 Å². The Morgan fingerprint density at radius 1 is 1.03 bits per heavy atom. The largest absolute Gasteiger partial charge is 0.573 e. The van der Waals surface area contributed by atoms with Crippen molar-refractivity contribution in [2.75, 3.05) is 0 Å². The lowest BCUT2D eigenvalue weighted by Crippen LogP contribution is -2.38. The van der Waals surface area contributed by atoms with Crippen LogP contribution in [0.3, 0.4) is 0 Å². The fraction of sp³-hybridized carbons (Fsp3) is 0.304. The smallest absolute Gasteiger partial charge is 0.484 e. The maximum absolute atomic E-state index is 12.3. The zero-order valence-corrected chi connectivity index (χ0v) is 18.4. The lowest BCUT2D eigenvalue weighted by Gasteiger charge is -2.23. The van der Waals surface area contributed by atoms with Crippen molar-refractivity contribution < 1.29 is 37.3 Å². The number of aromatic amines is 1. The number of carboxylic acid groups (broad SMARTS) is 1. The van der Waals surface area contributed by atoms with E-state index < -0.39 is 24.0 Å². The van der Waals surface area contributed by atoms with Crippen LogP contribution >= 0.6 is 0 Å². The maximum Gasteiger partial charge on any atom is 0.573 e. The van der Waals surface area contributed by atoms with Crippen LogP contribution in [0.5, 0.6) is 17.2 Å². The Kier molecular flexibility index (Phi) is 6.57. The summed E-state index contributed by atoms with van der Waals surface area (Å²) in [6, 6.07) is 12.2. The Labute approximate surface area is 188 Å². The maximum atomic E-state index is 12.3. The average Bonchev–Trinajstić information content (AvgIpc) is 3.19. The second-order valence-electron chi connectivity index (χ2n) is 7.89. The first kappa shape index (κ1) is 24.0. The molecule has 7 nitrogen and oxygen atoms in total. The molecule has 1 atom stereocenters. The van der Waals surface area contributed by atoms with Crippen molar-refractivity contribution in [3.63, 3.8) is 0 Å². The molecule has 10 heteroatoms. The number of aryl methyl sites for hydroxylation is 1. The number of nitrogens with zero attached hydrogens (tertiary/aromatic N) is 1. The highest BCUT2D eigenvalue weighted by molar-refractivity contribution is 5.76. The molecule has 1 heterocycles. The summed E-state index contributed by atoms with van der Waals surface area (Å²) in [5.74, 6) is -0.406. The number of rotatable bonds is 8. The van der Waals surface area contributed by atoms with Gasteiger partial charge in [0.25, 0.3) is 0 Å².